The van der Waals surface area contributed by atoms with Crippen molar-refractivity contribution in [2.24, 2.45) is 14.1 Å². The van der Waals surface area contributed by atoms with E-state index in [4.69, 9.17) is 10.5 Å². The molecule has 1 aromatic rings. The maximum Gasteiger partial charge on any atom is 0.332 e. The molecule has 1 amide bonds. The molecule has 0 aliphatic heterocycles. The molecule has 1 aromatic heterocycles. The van der Waals surface area contributed by atoms with Crippen LogP contribution in [-0.2, 0) is 23.6 Å². The van der Waals surface area contributed by atoms with Crippen LogP contribution in [0.2, 0.25) is 0 Å². The Hall–Kier alpha value is -2.58. The van der Waals surface area contributed by atoms with Crippen molar-refractivity contribution < 1.29 is 14.3 Å². The van der Waals surface area contributed by atoms with Gasteiger partial charge in [0, 0.05) is 27.1 Å². The number of nitrogens with two attached hydrogens (primary N) is 1. The number of aromatic nitrogens is 2. The lowest BCUT2D eigenvalue weighted by molar-refractivity contribution is -0.143. The smallest absolute Gasteiger partial charge is 0.332 e. The standard InChI is InChI=1S/C15H24N4O5/c1-4-24-10(20)8-6-5-7-9-17-13(21)11-12(16)18(2)15(23)19(3)14(11)22/h4-9,16H2,1-3H3,(H,17,21). The van der Waals surface area contributed by atoms with E-state index in [1.165, 1.54) is 14.1 Å². The van der Waals surface area contributed by atoms with E-state index in [9.17, 15) is 19.2 Å². The van der Waals surface area contributed by atoms with Gasteiger partial charge in [0.05, 0.1) is 6.61 Å². The molecule has 3 N–H and O–H groups in total. The summed E-state index contributed by atoms with van der Waals surface area (Å²) in [6.07, 6.45) is 2.39. The normalized spacial score (nSPS) is 10.5. The van der Waals surface area contributed by atoms with Crippen molar-refractivity contribution in [2.75, 3.05) is 18.9 Å². The lowest BCUT2D eigenvalue weighted by Crippen LogP contribution is -2.43. The van der Waals surface area contributed by atoms with Crippen molar-refractivity contribution in [3.05, 3.63) is 26.4 Å². The fourth-order valence-electron chi connectivity index (χ4n) is 2.17. The second-order valence-corrected chi connectivity index (χ2v) is 5.34. The monoisotopic (exact) mass is 340 g/mol. The largest absolute Gasteiger partial charge is 0.466 e. The molecule has 0 fully saturated rings. The first-order valence-corrected chi connectivity index (χ1v) is 7.80. The molecule has 0 bridgehead atoms. The maximum atomic E-state index is 12.1. The molecule has 24 heavy (non-hydrogen) atoms. The van der Waals surface area contributed by atoms with Gasteiger partial charge in [0.15, 0.2) is 0 Å². The molecular weight excluding hydrogens is 316 g/mol. The topological polar surface area (TPSA) is 125 Å². The van der Waals surface area contributed by atoms with E-state index in [0.29, 0.717) is 32.4 Å². The Morgan fingerprint density at radius 1 is 1.12 bits per heavy atom. The molecule has 9 heteroatoms. The maximum absolute atomic E-state index is 12.1. The quantitative estimate of drug-likeness (QED) is 0.486. The molecule has 0 aliphatic rings. The van der Waals surface area contributed by atoms with E-state index in [1.807, 2.05) is 0 Å². The van der Waals surface area contributed by atoms with Crippen LogP contribution in [-0.4, -0.2) is 34.2 Å². The number of unbranched alkanes of at least 4 members (excludes halogenated alkanes) is 2. The highest BCUT2D eigenvalue weighted by Crippen LogP contribution is 2.04. The molecule has 0 saturated carbocycles. The lowest BCUT2D eigenvalue weighted by atomic mass is 10.2. The number of nitrogens with zero attached hydrogens (tertiary/aromatic N) is 2. The van der Waals surface area contributed by atoms with Gasteiger partial charge in [-0.1, -0.05) is 6.42 Å². The van der Waals surface area contributed by atoms with Gasteiger partial charge in [-0.3, -0.25) is 23.5 Å². The first kappa shape index (κ1) is 19.5. The van der Waals surface area contributed by atoms with Gasteiger partial charge in [0.25, 0.3) is 11.5 Å². The highest BCUT2D eigenvalue weighted by Gasteiger charge is 2.19. The van der Waals surface area contributed by atoms with Gasteiger partial charge >= 0.3 is 11.7 Å². The molecule has 0 saturated heterocycles. The summed E-state index contributed by atoms with van der Waals surface area (Å²) in [4.78, 5) is 47.0. The summed E-state index contributed by atoms with van der Waals surface area (Å²) in [5.74, 6) is -1.01. The third kappa shape index (κ3) is 4.71. The number of hydrogen-bond acceptors (Lipinski definition) is 6. The van der Waals surface area contributed by atoms with E-state index >= 15 is 0 Å². The minimum atomic E-state index is -0.726. The number of carbonyl (C=O) groups excluding carboxylic acids is 2. The van der Waals surface area contributed by atoms with Crippen LogP contribution in [0.4, 0.5) is 5.82 Å². The summed E-state index contributed by atoms with van der Waals surface area (Å²) >= 11 is 0. The number of nitrogen functional groups attached to an aromatic ring is 1. The summed E-state index contributed by atoms with van der Waals surface area (Å²) in [5.41, 5.74) is 4.14. The van der Waals surface area contributed by atoms with Gasteiger partial charge in [0.2, 0.25) is 0 Å². The number of rotatable bonds is 8. The molecule has 1 heterocycles. The van der Waals surface area contributed by atoms with Crippen LogP contribution in [0.5, 0.6) is 0 Å². The number of esters is 1. The molecular formula is C15H24N4O5. The molecule has 0 unspecified atom stereocenters. The summed E-state index contributed by atoms with van der Waals surface area (Å²) in [7, 11) is 2.68. The zero-order valence-corrected chi connectivity index (χ0v) is 14.3. The Labute approximate surface area is 139 Å². The van der Waals surface area contributed by atoms with E-state index in [0.717, 1.165) is 15.6 Å². The van der Waals surface area contributed by atoms with Crippen molar-refractivity contribution in [3.63, 3.8) is 0 Å². The minimum absolute atomic E-state index is 0.164. The Kier molecular flexibility index (Phi) is 7.22. The van der Waals surface area contributed by atoms with Gasteiger partial charge in [-0.2, -0.15) is 0 Å². The minimum Gasteiger partial charge on any atom is -0.466 e. The average Bonchev–Trinajstić information content (AvgIpc) is 2.54. The van der Waals surface area contributed by atoms with E-state index in [-0.39, 0.29) is 17.4 Å². The van der Waals surface area contributed by atoms with Crippen LogP contribution in [0.25, 0.3) is 0 Å². The average molecular weight is 340 g/mol. The van der Waals surface area contributed by atoms with Crippen molar-refractivity contribution in [3.8, 4) is 0 Å². The second kappa shape index (κ2) is 8.90. The third-order valence-corrected chi connectivity index (χ3v) is 3.59. The van der Waals surface area contributed by atoms with Crippen molar-refractivity contribution >= 4 is 17.7 Å². The van der Waals surface area contributed by atoms with Gasteiger partial charge in [-0.25, -0.2) is 4.79 Å². The fourth-order valence-corrected chi connectivity index (χ4v) is 2.17. The predicted molar refractivity (Wildman–Crippen MR) is 88.8 cm³/mol. The van der Waals surface area contributed by atoms with Crippen LogP contribution in [0.1, 0.15) is 43.0 Å². The molecule has 0 radical (unpaired) electrons. The van der Waals surface area contributed by atoms with Crippen LogP contribution >= 0.6 is 0 Å². The van der Waals surface area contributed by atoms with Crippen molar-refractivity contribution in [1.29, 1.82) is 0 Å². The lowest BCUT2D eigenvalue weighted by Gasteiger charge is -2.11. The Morgan fingerprint density at radius 3 is 2.42 bits per heavy atom. The van der Waals surface area contributed by atoms with E-state index in [1.54, 1.807) is 6.92 Å². The molecule has 9 nitrogen and oxygen atoms in total. The molecule has 0 aromatic carbocycles. The number of hydrogen-bond donors (Lipinski definition) is 2. The van der Waals surface area contributed by atoms with Crippen LogP contribution in [0.3, 0.4) is 0 Å². The van der Waals surface area contributed by atoms with Gasteiger partial charge < -0.3 is 15.8 Å². The Morgan fingerprint density at radius 2 is 1.79 bits per heavy atom. The summed E-state index contributed by atoms with van der Waals surface area (Å²) in [6, 6.07) is 0. The van der Waals surface area contributed by atoms with Crippen LogP contribution in [0, 0.1) is 0 Å². The third-order valence-electron chi connectivity index (χ3n) is 3.59. The van der Waals surface area contributed by atoms with Gasteiger partial charge in [-0.15, -0.1) is 0 Å². The molecule has 1 rings (SSSR count). The Bertz CT molecular complexity index is 720. The zero-order chi connectivity index (χ0) is 18.3. The second-order valence-electron chi connectivity index (χ2n) is 5.34. The number of amides is 1. The first-order chi connectivity index (χ1) is 11.3. The van der Waals surface area contributed by atoms with Gasteiger partial charge in [0.1, 0.15) is 11.4 Å². The van der Waals surface area contributed by atoms with Crippen molar-refractivity contribution in [2.45, 2.75) is 32.6 Å². The highest BCUT2D eigenvalue weighted by atomic mass is 16.5. The molecule has 0 aliphatic carbocycles. The Balaban J connectivity index is 2.55. The molecule has 0 spiro atoms. The highest BCUT2D eigenvalue weighted by molar-refractivity contribution is 5.97. The van der Waals surface area contributed by atoms with Gasteiger partial charge in [-0.05, 0) is 19.8 Å². The predicted octanol–water partition coefficient (Wildman–Crippen LogP) is -0.480. The number of anilines is 1. The van der Waals surface area contributed by atoms with Crippen LogP contribution < -0.4 is 22.3 Å². The SMILES string of the molecule is CCOC(=O)CCCCCNC(=O)c1c(N)n(C)c(=O)n(C)c1=O. The van der Waals surface area contributed by atoms with Crippen molar-refractivity contribution in [1.82, 2.24) is 14.5 Å². The van der Waals surface area contributed by atoms with Crippen LogP contribution in [0.15, 0.2) is 9.59 Å². The van der Waals surface area contributed by atoms with E-state index in [2.05, 4.69) is 5.32 Å². The van der Waals surface area contributed by atoms with E-state index < -0.39 is 17.2 Å². The fraction of sp³-hybridized carbons (Fsp3) is 0.600. The molecule has 134 valence electrons. The summed E-state index contributed by atoms with van der Waals surface area (Å²) in [5, 5.41) is 2.60. The summed E-state index contributed by atoms with van der Waals surface area (Å²) in [6.45, 7) is 2.46. The number of carbonyl (C=O) groups is 2. The zero-order valence-electron chi connectivity index (χ0n) is 14.3. The summed E-state index contributed by atoms with van der Waals surface area (Å²) < 4.78 is 6.70. The molecule has 0 atom stereocenters. The first-order valence-electron chi connectivity index (χ1n) is 7.80. The number of ether oxygens (including phenoxy) is 1. The number of nitrogens with one attached hydrogen (secondary N) is 1.